The van der Waals surface area contributed by atoms with E-state index in [0.717, 1.165) is 16.5 Å². The highest BCUT2D eigenvalue weighted by Crippen LogP contribution is 2.20. The Morgan fingerprint density at radius 2 is 2.00 bits per heavy atom. The first kappa shape index (κ1) is 9.00. The first-order valence-corrected chi connectivity index (χ1v) is 4.76. The van der Waals surface area contributed by atoms with Crippen LogP contribution in [0.5, 0.6) is 5.75 Å². The third-order valence-corrected chi connectivity index (χ3v) is 1.98. The van der Waals surface area contributed by atoms with E-state index in [1.165, 1.54) is 0 Å². The normalized spacial score (nSPS) is 10.8. The predicted octanol–water partition coefficient (Wildman–Crippen LogP) is 3.02. The van der Waals surface area contributed by atoms with E-state index in [4.69, 9.17) is 4.74 Å². The van der Waals surface area contributed by atoms with Crippen molar-refractivity contribution in [3.05, 3.63) is 36.7 Å². The van der Waals surface area contributed by atoms with Crippen LogP contribution in [0.4, 0.5) is 0 Å². The molecule has 0 aliphatic rings. The van der Waals surface area contributed by atoms with Crippen molar-refractivity contribution in [2.75, 3.05) is 0 Å². The maximum absolute atomic E-state index is 5.60. The summed E-state index contributed by atoms with van der Waals surface area (Å²) in [5.74, 6) is 0.915. The molecule has 0 atom stereocenters. The van der Waals surface area contributed by atoms with E-state index in [-0.39, 0.29) is 6.10 Å². The third-order valence-electron chi connectivity index (χ3n) is 1.98. The summed E-state index contributed by atoms with van der Waals surface area (Å²) in [6.45, 7) is 4.05. The van der Waals surface area contributed by atoms with Crippen LogP contribution in [0.2, 0.25) is 0 Å². The van der Waals surface area contributed by atoms with Gasteiger partial charge in [0.15, 0.2) is 0 Å². The van der Waals surface area contributed by atoms with Crippen molar-refractivity contribution in [3.63, 3.8) is 0 Å². The van der Waals surface area contributed by atoms with Gasteiger partial charge in [0, 0.05) is 17.8 Å². The Bertz CT molecular complexity index is 437. The molecule has 0 bridgehead atoms. The lowest BCUT2D eigenvalue weighted by molar-refractivity contribution is 0.243. The Kier molecular flexibility index (Phi) is 2.35. The second-order valence-corrected chi connectivity index (χ2v) is 3.55. The van der Waals surface area contributed by atoms with Gasteiger partial charge in [-0.15, -0.1) is 0 Å². The SMILES string of the molecule is CC(C)Oc1ccc2cnccc2c1. The molecule has 2 heteroatoms. The van der Waals surface area contributed by atoms with Crippen molar-refractivity contribution in [1.29, 1.82) is 0 Å². The van der Waals surface area contributed by atoms with Crippen LogP contribution in [0.25, 0.3) is 10.8 Å². The van der Waals surface area contributed by atoms with Crippen LogP contribution in [-0.4, -0.2) is 11.1 Å². The molecule has 0 amide bonds. The van der Waals surface area contributed by atoms with Crippen LogP contribution in [-0.2, 0) is 0 Å². The van der Waals surface area contributed by atoms with E-state index in [9.17, 15) is 0 Å². The lowest BCUT2D eigenvalue weighted by Gasteiger charge is -2.09. The topological polar surface area (TPSA) is 22.1 Å². The maximum atomic E-state index is 5.60. The Morgan fingerprint density at radius 3 is 2.79 bits per heavy atom. The molecule has 0 unspecified atom stereocenters. The van der Waals surface area contributed by atoms with Crippen LogP contribution < -0.4 is 4.74 Å². The highest BCUT2D eigenvalue weighted by Gasteiger charge is 1.98. The van der Waals surface area contributed by atoms with Crippen molar-refractivity contribution in [2.45, 2.75) is 20.0 Å². The van der Waals surface area contributed by atoms with Crippen LogP contribution in [0.3, 0.4) is 0 Å². The zero-order chi connectivity index (χ0) is 9.97. The fourth-order valence-electron chi connectivity index (χ4n) is 1.41. The summed E-state index contributed by atoms with van der Waals surface area (Å²) in [5.41, 5.74) is 0. The third kappa shape index (κ3) is 1.84. The fraction of sp³-hybridized carbons (Fsp3) is 0.250. The van der Waals surface area contributed by atoms with E-state index in [1.807, 2.05) is 44.3 Å². The zero-order valence-electron chi connectivity index (χ0n) is 8.40. The summed E-state index contributed by atoms with van der Waals surface area (Å²) in [5, 5.41) is 2.31. The van der Waals surface area contributed by atoms with E-state index < -0.39 is 0 Å². The van der Waals surface area contributed by atoms with E-state index >= 15 is 0 Å². The van der Waals surface area contributed by atoms with Gasteiger partial charge in [0.05, 0.1) is 6.10 Å². The van der Waals surface area contributed by atoms with E-state index in [0.29, 0.717) is 0 Å². The molecule has 14 heavy (non-hydrogen) atoms. The second-order valence-electron chi connectivity index (χ2n) is 3.55. The van der Waals surface area contributed by atoms with Gasteiger partial charge < -0.3 is 4.74 Å². The summed E-state index contributed by atoms with van der Waals surface area (Å²) < 4.78 is 5.60. The summed E-state index contributed by atoms with van der Waals surface area (Å²) in [7, 11) is 0. The van der Waals surface area contributed by atoms with Crippen LogP contribution in [0, 0.1) is 0 Å². The highest BCUT2D eigenvalue weighted by molar-refractivity contribution is 5.82. The standard InChI is InChI=1S/C12H13NO/c1-9(2)14-12-4-3-11-8-13-6-5-10(11)7-12/h3-9H,1-2H3. The molecule has 0 saturated heterocycles. The molecule has 0 aliphatic carbocycles. The predicted molar refractivity (Wildman–Crippen MR) is 57.5 cm³/mol. The molecule has 0 aliphatic heterocycles. The van der Waals surface area contributed by atoms with Gasteiger partial charge in [-0.1, -0.05) is 0 Å². The van der Waals surface area contributed by atoms with Crippen molar-refractivity contribution >= 4 is 10.8 Å². The second kappa shape index (κ2) is 3.66. The summed E-state index contributed by atoms with van der Waals surface area (Å²) in [6, 6.07) is 8.03. The number of aromatic nitrogens is 1. The first-order chi connectivity index (χ1) is 6.75. The number of fused-ring (bicyclic) bond motifs is 1. The molecule has 0 saturated carbocycles. The number of nitrogens with zero attached hydrogens (tertiary/aromatic N) is 1. The number of hydrogen-bond acceptors (Lipinski definition) is 2. The summed E-state index contributed by atoms with van der Waals surface area (Å²) in [4.78, 5) is 4.06. The molecule has 0 spiro atoms. The minimum absolute atomic E-state index is 0.217. The van der Waals surface area contributed by atoms with Gasteiger partial charge in [0.1, 0.15) is 5.75 Å². The molecule has 1 heterocycles. The Hall–Kier alpha value is -1.57. The Morgan fingerprint density at radius 1 is 1.14 bits per heavy atom. The largest absolute Gasteiger partial charge is 0.491 e. The molecule has 2 aromatic rings. The lowest BCUT2D eigenvalue weighted by atomic mass is 10.2. The average Bonchev–Trinajstić information content (AvgIpc) is 2.17. The van der Waals surface area contributed by atoms with Crippen molar-refractivity contribution < 1.29 is 4.74 Å². The van der Waals surface area contributed by atoms with Gasteiger partial charge in [0.25, 0.3) is 0 Å². The Balaban J connectivity index is 2.41. The van der Waals surface area contributed by atoms with Gasteiger partial charge in [-0.3, -0.25) is 4.98 Å². The number of pyridine rings is 1. The average molecular weight is 187 g/mol. The van der Waals surface area contributed by atoms with E-state index in [1.54, 1.807) is 6.20 Å². The van der Waals surface area contributed by atoms with Gasteiger partial charge in [-0.05, 0) is 43.5 Å². The molecule has 0 fully saturated rings. The van der Waals surface area contributed by atoms with Gasteiger partial charge >= 0.3 is 0 Å². The monoisotopic (exact) mass is 187 g/mol. The first-order valence-electron chi connectivity index (χ1n) is 4.76. The number of ether oxygens (including phenoxy) is 1. The molecule has 1 aromatic carbocycles. The van der Waals surface area contributed by atoms with E-state index in [2.05, 4.69) is 4.98 Å². The minimum atomic E-state index is 0.217. The number of benzene rings is 1. The fourth-order valence-corrected chi connectivity index (χ4v) is 1.41. The minimum Gasteiger partial charge on any atom is -0.491 e. The molecule has 0 radical (unpaired) electrons. The van der Waals surface area contributed by atoms with Crippen LogP contribution in [0.1, 0.15) is 13.8 Å². The molecule has 72 valence electrons. The lowest BCUT2D eigenvalue weighted by Crippen LogP contribution is -2.05. The van der Waals surface area contributed by atoms with Gasteiger partial charge in [-0.25, -0.2) is 0 Å². The number of hydrogen-bond donors (Lipinski definition) is 0. The summed E-state index contributed by atoms with van der Waals surface area (Å²) in [6.07, 6.45) is 3.87. The quantitative estimate of drug-likeness (QED) is 0.721. The molecule has 2 rings (SSSR count). The smallest absolute Gasteiger partial charge is 0.120 e. The molecule has 2 nitrogen and oxygen atoms in total. The highest BCUT2D eigenvalue weighted by atomic mass is 16.5. The summed E-state index contributed by atoms with van der Waals surface area (Å²) >= 11 is 0. The number of rotatable bonds is 2. The van der Waals surface area contributed by atoms with Crippen molar-refractivity contribution in [3.8, 4) is 5.75 Å². The van der Waals surface area contributed by atoms with Crippen LogP contribution in [0.15, 0.2) is 36.7 Å². The zero-order valence-corrected chi connectivity index (χ0v) is 8.40. The van der Waals surface area contributed by atoms with Gasteiger partial charge in [-0.2, -0.15) is 0 Å². The van der Waals surface area contributed by atoms with Gasteiger partial charge in [0.2, 0.25) is 0 Å². The Labute approximate surface area is 83.5 Å². The molecular weight excluding hydrogens is 174 g/mol. The maximum Gasteiger partial charge on any atom is 0.120 e. The molecule has 1 aromatic heterocycles. The molecule has 0 N–H and O–H groups in total. The van der Waals surface area contributed by atoms with Crippen molar-refractivity contribution in [2.24, 2.45) is 0 Å². The van der Waals surface area contributed by atoms with Crippen LogP contribution >= 0.6 is 0 Å². The molecular formula is C12H13NO. The van der Waals surface area contributed by atoms with Crippen molar-refractivity contribution in [1.82, 2.24) is 4.98 Å².